The van der Waals surface area contributed by atoms with Crippen molar-refractivity contribution < 1.29 is 13.2 Å². The summed E-state index contributed by atoms with van der Waals surface area (Å²) in [5, 5.41) is 12.6. The van der Waals surface area contributed by atoms with E-state index in [1.54, 1.807) is 4.52 Å². The summed E-state index contributed by atoms with van der Waals surface area (Å²) in [4.78, 5) is 12.0. The van der Waals surface area contributed by atoms with Crippen LogP contribution in [0.2, 0.25) is 0 Å². The normalized spacial score (nSPS) is 11.9. The third kappa shape index (κ3) is 3.44. The van der Waals surface area contributed by atoms with Crippen LogP contribution in [0.15, 0.2) is 35.5 Å². The molecule has 0 amide bonds. The fourth-order valence-corrected chi connectivity index (χ4v) is 3.79. The summed E-state index contributed by atoms with van der Waals surface area (Å²) in [7, 11) is -3.61. The first-order chi connectivity index (χ1) is 11.0. The van der Waals surface area contributed by atoms with Crippen LogP contribution in [-0.2, 0) is 16.4 Å². The van der Waals surface area contributed by atoms with E-state index >= 15 is 0 Å². The Balaban J connectivity index is 1.64. The molecule has 1 aromatic carbocycles. The van der Waals surface area contributed by atoms with Gasteiger partial charge in [-0.3, -0.25) is 4.79 Å². The molecular formula is C13H13N5O3S2. The SMILES string of the molecule is CC(=O)c1ccc(S(=O)(=O)NCCc2nn3cnnc3s2)cc1. The molecule has 2 aromatic heterocycles. The van der Waals surface area contributed by atoms with Gasteiger partial charge in [-0.25, -0.2) is 13.1 Å². The minimum atomic E-state index is -3.61. The van der Waals surface area contributed by atoms with Crippen LogP contribution in [0.3, 0.4) is 0 Å². The first kappa shape index (κ1) is 15.7. The van der Waals surface area contributed by atoms with E-state index in [4.69, 9.17) is 0 Å². The number of hydrogen-bond donors (Lipinski definition) is 1. The topological polar surface area (TPSA) is 106 Å². The van der Waals surface area contributed by atoms with Crippen molar-refractivity contribution in [1.82, 2.24) is 24.5 Å². The van der Waals surface area contributed by atoms with Crippen molar-refractivity contribution in [3.8, 4) is 0 Å². The predicted molar refractivity (Wildman–Crippen MR) is 84.0 cm³/mol. The summed E-state index contributed by atoms with van der Waals surface area (Å²) < 4.78 is 28.4. The summed E-state index contributed by atoms with van der Waals surface area (Å²) >= 11 is 1.36. The van der Waals surface area contributed by atoms with Gasteiger partial charge in [0.25, 0.3) is 0 Å². The molecule has 0 aliphatic rings. The van der Waals surface area contributed by atoms with Crippen LogP contribution in [0, 0.1) is 0 Å². The molecule has 0 unspecified atom stereocenters. The number of nitrogens with zero attached hydrogens (tertiary/aromatic N) is 4. The number of hydrogen-bond acceptors (Lipinski definition) is 7. The quantitative estimate of drug-likeness (QED) is 0.662. The zero-order valence-electron chi connectivity index (χ0n) is 12.1. The highest BCUT2D eigenvalue weighted by molar-refractivity contribution is 7.89. The summed E-state index contributed by atoms with van der Waals surface area (Å²) in [6, 6.07) is 5.84. The predicted octanol–water partition coefficient (Wildman–Crippen LogP) is 0.909. The van der Waals surface area contributed by atoms with Gasteiger partial charge in [0.05, 0.1) is 4.90 Å². The lowest BCUT2D eigenvalue weighted by molar-refractivity contribution is 0.101. The number of Topliss-reactive ketones (excluding diaryl/α,β-unsaturated/α-hetero) is 1. The molecule has 10 heteroatoms. The smallest absolute Gasteiger partial charge is 0.240 e. The van der Waals surface area contributed by atoms with E-state index in [-0.39, 0.29) is 17.2 Å². The highest BCUT2D eigenvalue weighted by Crippen LogP contribution is 2.13. The zero-order chi connectivity index (χ0) is 16.4. The van der Waals surface area contributed by atoms with Crippen molar-refractivity contribution in [1.29, 1.82) is 0 Å². The van der Waals surface area contributed by atoms with Crippen molar-refractivity contribution in [2.45, 2.75) is 18.2 Å². The Kier molecular flexibility index (Phi) is 4.20. The molecule has 0 fully saturated rings. The van der Waals surface area contributed by atoms with E-state index in [1.165, 1.54) is 48.9 Å². The number of carbonyl (C=O) groups excluding carboxylic acids is 1. The molecule has 2 heterocycles. The molecule has 120 valence electrons. The van der Waals surface area contributed by atoms with Gasteiger partial charge in [0, 0.05) is 18.5 Å². The molecule has 0 aliphatic heterocycles. The van der Waals surface area contributed by atoms with Crippen molar-refractivity contribution in [2.24, 2.45) is 0 Å². The van der Waals surface area contributed by atoms with Crippen LogP contribution in [0.5, 0.6) is 0 Å². The third-order valence-corrected chi connectivity index (χ3v) is 5.58. The maximum absolute atomic E-state index is 12.2. The van der Waals surface area contributed by atoms with Crippen LogP contribution in [0.4, 0.5) is 0 Å². The Labute approximate surface area is 136 Å². The fourth-order valence-electron chi connectivity index (χ4n) is 1.95. The van der Waals surface area contributed by atoms with E-state index in [0.717, 1.165) is 5.01 Å². The number of sulfonamides is 1. The van der Waals surface area contributed by atoms with E-state index < -0.39 is 10.0 Å². The van der Waals surface area contributed by atoms with E-state index in [1.807, 2.05) is 0 Å². The molecule has 0 radical (unpaired) electrons. The van der Waals surface area contributed by atoms with Crippen LogP contribution < -0.4 is 4.72 Å². The van der Waals surface area contributed by atoms with Crippen molar-refractivity contribution in [3.05, 3.63) is 41.2 Å². The summed E-state index contributed by atoms with van der Waals surface area (Å²) in [5.41, 5.74) is 0.476. The van der Waals surface area contributed by atoms with Gasteiger partial charge in [-0.05, 0) is 19.1 Å². The van der Waals surface area contributed by atoms with Gasteiger partial charge in [-0.2, -0.15) is 9.61 Å². The Morgan fingerprint density at radius 1 is 1.30 bits per heavy atom. The van der Waals surface area contributed by atoms with Gasteiger partial charge >= 0.3 is 0 Å². The molecule has 0 aliphatic carbocycles. The molecule has 0 atom stereocenters. The average molecular weight is 351 g/mol. The molecule has 0 saturated heterocycles. The number of ketones is 1. The number of benzene rings is 1. The monoisotopic (exact) mass is 351 g/mol. The van der Waals surface area contributed by atoms with Crippen molar-refractivity contribution in [3.63, 3.8) is 0 Å². The molecule has 0 spiro atoms. The number of aromatic nitrogens is 4. The molecule has 3 aromatic rings. The van der Waals surface area contributed by atoms with Gasteiger partial charge in [-0.15, -0.1) is 10.2 Å². The maximum Gasteiger partial charge on any atom is 0.240 e. The Hall–Kier alpha value is -2.17. The number of rotatable bonds is 6. The summed E-state index contributed by atoms with van der Waals surface area (Å²) in [6.07, 6.45) is 1.95. The van der Waals surface area contributed by atoms with Crippen LogP contribution in [0.25, 0.3) is 4.96 Å². The van der Waals surface area contributed by atoms with Crippen LogP contribution >= 0.6 is 11.3 Å². The lowest BCUT2D eigenvalue weighted by Gasteiger charge is -2.06. The largest absolute Gasteiger partial charge is 0.295 e. The number of fused-ring (bicyclic) bond motifs is 1. The van der Waals surface area contributed by atoms with E-state index in [9.17, 15) is 13.2 Å². The minimum absolute atomic E-state index is 0.106. The molecule has 23 heavy (non-hydrogen) atoms. The maximum atomic E-state index is 12.2. The van der Waals surface area contributed by atoms with E-state index in [0.29, 0.717) is 16.9 Å². The minimum Gasteiger partial charge on any atom is -0.295 e. The highest BCUT2D eigenvalue weighted by atomic mass is 32.2. The molecular weight excluding hydrogens is 338 g/mol. The summed E-state index contributed by atoms with van der Waals surface area (Å²) in [6.45, 7) is 1.66. The van der Waals surface area contributed by atoms with Crippen molar-refractivity contribution in [2.75, 3.05) is 6.54 Å². The first-order valence-corrected chi connectivity index (χ1v) is 9.02. The van der Waals surface area contributed by atoms with Gasteiger partial charge in [-0.1, -0.05) is 23.5 Å². The van der Waals surface area contributed by atoms with Crippen molar-refractivity contribution >= 4 is 32.1 Å². The Bertz CT molecular complexity index is 915. The number of carbonyl (C=O) groups is 1. The number of nitrogens with one attached hydrogen (secondary N) is 1. The molecule has 0 bridgehead atoms. The van der Waals surface area contributed by atoms with Crippen LogP contribution in [0.1, 0.15) is 22.3 Å². The molecule has 8 nitrogen and oxygen atoms in total. The lowest BCUT2D eigenvalue weighted by Crippen LogP contribution is -2.26. The summed E-state index contributed by atoms with van der Waals surface area (Å²) in [5.74, 6) is -0.106. The molecule has 0 saturated carbocycles. The molecule has 1 N–H and O–H groups in total. The highest BCUT2D eigenvalue weighted by Gasteiger charge is 2.14. The average Bonchev–Trinajstić information content (AvgIpc) is 3.08. The Morgan fingerprint density at radius 2 is 2.04 bits per heavy atom. The Morgan fingerprint density at radius 3 is 2.70 bits per heavy atom. The fraction of sp³-hybridized carbons (Fsp3) is 0.231. The second-order valence-electron chi connectivity index (χ2n) is 4.78. The first-order valence-electron chi connectivity index (χ1n) is 6.72. The van der Waals surface area contributed by atoms with E-state index in [2.05, 4.69) is 20.0 Å². The third-order valence-electron chi connectivity index (χ3n) is 3.13. The van der Waals surface area contributed by atoms with Gasteiger partial charge in [0.1, 0.15) is 11.3 Å². The second kappa shape index (κ2) is 6.14. The molecule has 3 rings (SSSR count). The lowest BCUT2D eigenvalue weighted by atomic mass is 10.2. The van der Waals surface area contributed by atoms with Gasteiger partial charge < -0.3 is 0 Å². The van der Waals surface area contributed by atoms with Crippen LogP contribution in [-0.4, -0.2) is 40.6 Å². The second-order valence-corrected chi connectivity index (χ2v) is 7.59. The standard InChI is InChI=1S/C13H13N5O3S2/c1-9(19)10-2-4-11(5-3-10)23(20,21)15-7-6-12-17-18-8-14-16-13(18)22-12/h2-5,8,15H,6-7H2,1H3. The zero-order valence-corrected chi connectivity index (χ0v) is 13.8. The van der Waals surface area contributed by atoms with Gasteiger partial charge in [0.15, 0.2) is 5.78 Å². The van der Waals surface area contributed by atoms with Gasteiger partial charge in [0.2, 0.25) is 15.0 Å².